The third kappa shape index (κ3) is 28.3. The van der Waals surface area contributed by atoms with E-state index in [4.69, 9.17) is 14.9 Å². The zero-order chi connectivity index (χ0) is 25.2. The van der Waals surface area contributed by atoms with Crippen molar-refractivity contribution in [3.63, 3.8) is 0 Å². The summed E-state index contributed by atoms with van der Waals surface area (Å²) in [6, 6.07) is 0. The average Bonchev–Trinajstić information content (AvgIpc) is 2.73. The number of unbranched alkanes of at least 4 members (excludes halogenated alkanes) is 9. The molecular formula is C27H50O6. The summed E-state index contributed by atoms with van der Waals surface area (Å²) in [4.78, 5) is 21.6. The standard InChI is InChI=1S/C23H40O5.C4H10O/c1-2-3-4-5-6-7-8-9-10-11-12-13-14-15-16-17-18-23(28,19-21(24)25)20-22(26)27;1-3-5-4-2/h6-7,9-10,28H,2-5,8,11-20H2,1H3,(H,24,25)(H,26,27);3-4H2,1-2H3. The highest BCUT2D eigenvalue weighted by atomic mass is 16.5. The van der Waals surface area contributed by atoms with Crippen LogP contribution in [0.4, 0.5) is 0 Å². The second-order valence-corrected chi connectivity index (χ2v) is 8.48. The van der Waals surface area contributed by atoms with E-state index in [1.807, 2.05) is 13.8 Å². The van der Waals surface area contributed by atoms with Gasteiger partial charge < -0.3 is 20.1 Å². The van der Waals surface area contributed by atoms with Crippen LogP contribution in [0.3, 0.4) is 0 Å². The van der Waals surface area contributed by atoms with Crippen LogP contribution in [-0.2, 0) is 14.3 Å². The summed E-state index contributed by atoms with van der Waals surface area (Å²) < 4.78 is 4.83. The fourth-order valence-corrected chi connectivity index (χ4v) is 3.45. The van der Waals surface area contributed by atoms with Gasteiger partial charge in [-0.2, -0.15) is 0 Å². The van der Waals surface area contributed by atoms with E-state index in [2.05, 4.69) is 31.2 Å². The molecule has 0 rings (SSSR count). The van der Waals surface area contributed by atoms with Crippen LogP contribution in [0.25, 0.3) is 0 Å². The lowest BCUT2D eigenvalue weighted by molar-refractivity contribution is -0.149. The monoisotopic (exact) mass is 470 g/mol. The van der Waals surface area contributed by atoms with Crippen molar-refractivity contribution in [3.05, 3.63) is 24.3 Å². The molecule has 0 radical (unpaired) electrons. The summed E-state index contributed by atoms with van der Waals surface area (Å²) in [5.41, 5.74) is -1.63. The minimum absolute atomic E-state index is 0.223. The van der Waals surface area contributed by atoms with Crippen molar-refractivity contribution in [1.29, 1.82) is 0 Å². The van der Waals surface area contributed by atoms with E-state index in [1.54, 1.807) is 0 Å². The molecule has 0 atom stereocenters. The van der Waals surface area contributed by atoms with Gasteiger partial charge in [0.2, 0.25) is 0 Å². The number of hydrogen-bond acceptors (Lipinski definition) is 4. The van der Waals surface area contributed by atoms with Gasteiger partial charge in [-0.25, -0.2) is 0 Å². The summed E-state index contributed by atoms with van der Waals surface area (Å²) in [5, 5.41) is 27.9. The normalized spacial score (nSPS) is 11.6. The number of allylic oxidation sites excluding steroid dienone is 4. The van der Waals surface area contributed by atoms with Crippen molar-refractivity contribution < 1.29 is 29.6 Å². The number of carbonyl (C=O) groups is 2. The smallest absolute Gasteiger partial charge is 0.306 e. The molecule has 33 heavy (non-hydrogen) atoms. The fourth-order valence-electron chi connectivity index (χ4n) is 3.45. The maximum atomic E-state index is 10.8. The lowest BCUT2D eigenvalue weighted by Gasteiger charge is -2.24. The van der Waals surface area contributed by atoms with E-state index in [0.717, 1.165) is 51.7 Å². The fraction of sp³-hybridized carbons (Fsp3) is 0.778. The first-order chi connectivity index (χ1) is 15.8. The number of aliphatic hydroxyl groups is 1. The van der Waals surface area contributed by atoms with Gasteiger partial charge in [-0.05, 0) is 52.4 Å². The summed E-state index contributed by atoms with van der Waals surface area (Å²) in [5.74, 6) is -2.33. The second-order valence-electron chi connectivity index (χ2n) is 8.48. The Kier molecular flexibility index (Phi) is 25.4. The Balaban J connectivity index is 0. The van der Waals surface area contributed by atoms with Crippen LogP contribution in [-0.4, -0.2) is 46.1 Å². The maximum Gasteiger partial charge on any atom is 0.306 e. The van der Waals surface area contributed by atoms with E-state index in [9.17, 15) is 14.7 Å². The van der Waals surface area contributed by atoms with Gasteiger partial charge >= 0.3 is 11.9 Å². The largest absolute Gasteiger partial charge is 0.481 e. The van der Waals surface area contributed by atoms with Crippen LogP contribution in [0, 0.1) is 0 Å². The number of aliphatic carboxylic acids is 2. The van der Waals surface area contributed by atoms with Crippen LogP contribution in [0.5, 0.6) is 0 Å². The Bertz CT molecular complexity index is 495. The molecule has 0 aliphatic carbocycles. The summed E-state index contributed by atoms with van der Waals surface area (Å²) in [7, 11) is 0. The average molecular weight is 471 g/mol. The van der Waals surface area contributed by atoms with Gasteiger partial charge in [0.1, 0.15) is 0 Å². The predicted octanol–water partition coefficient (Wildman–Crippen LogP) is 6.91. The van der Waals surface area contributed by atoms with E-state index in [0.29, 0.717) is 6.42 Å². The number of carboxylic acid groups (broad SMARTS) is 2. The van der Waals surface area contributed by atoms with Crippen LogP contribution in [0.1, 0.15) is 117 Å². The van der Waals surface area contributed by atoms with Crippen LogP contribution in [0.2, 0.25) is 0 Å². The summed E-state index contributed by atoms with van der Waals surface area (Å²) in [6.45, 7) is 7.89. The quantitative estimate of drug-likeness (QED) is 0.124. The highest BCUT2D eigenvalue weighted by molar-refractivity contribution is 5.72. The third-order valence-electron chi connectivity index (χ3n) is 5.21. The van der Waals surface area contributed by atoms with E-state index < -0.39 is 30.4 Å². The van der Waals surface area contributed by atoms with Crippen molar-refractivity contribution in [1.82, 2.24) is 0 Å². The molecule has 0 aromatic carbocycles. The lowest BCUT2D eigenvalue weighted by Crippen LogP contribution is -2.34. The Morgan fingerprint density at radius 1 is 0.697 bits per heavy atom. The molecule has 0 bridgehead atoms. The first-order valence-electron chi connectivity index (χ1n) is 12.8. The highest BCUT2D eigenvalue weighted by Crippen LogP contribution is 2.24. The van der Waals surface area contributed by atoms with Crippen molar-refractivity contribution >= 4 is 11.9 Å². The van der Waals surface area contributed by atoms with Gasteiger partial charge in [-0.3, -0.25) is 9.59 Å². The molecule has 194 valence electrons. The minimum Gasteiger partial charge on any atom is -0.481 e. The molecule has 6 heteroatoms. The number of hydrogen-bond donors (Lipinski definition) is 3. The van der Waals surface area contributed by atoms with Gasteiger partial charge in [0.05, 0.1) is 18.4 Å². The van der Waals surface area contributed by atoms with Gasteiger partial charge in [0, 0.05) is 13.2 Å². The molecule has 0 fully saturated rings. The Labute approximate surface area is 202 Å². The molecule has 6 nitrogen and oxygen atoms in total. The van der Waals surface area contributed by atoms with Crippen LogP contribution in [0.15, 0.2) is 24.3 Å². The molecule has 0 aliphatic heterocycles. The van der Waals surface area contributed by atoms with Crippen molar-refractivity contribution in [2.75, 3.05) is 13.2 Å². The Morgan fingerprint density at radius 2 is 1.15 bits per heavy atom. The van der Waals surface area contributed by atoms with Crippen LogP contribution >= 0.6 is 0 Å². The number of rotatable bonds is 21. The second kappa shape index (κ2) is 25.0. The van der Waals surface area contributed by atoms with Crippen LogP contribution < -0.4 is 0 Å². The molecule has 0 amide bonds. The Morgan fingerprint density at radius 3 is 1.58 bits per heavy atom. The lowest BCUT2D eigenvalue weighted by atomic mass is 9.89. The third-order valence-corrected chi connectivity index (χ3v) is 5.21. The van der Waals surface area contributed by atoms with E-state index in [1.165, 1.54) is 32.1 Å². The minimum atomic E-state index is -1.63. The van der Waals surface area contributed by atoms with Gasteiger partial charge in [0.15, 0.2) is 0 Å². The van der Waals surface area contributed by atoms with Crippen molar-refractivity contribution in [2.24, 2.45) is 0 Å². The SMILES string of the molecule is CCCCCC=CCC=CCCCCCCCCC(O)(CC(=O)O)CC(=O)O.CCOCC. The summed E-state index contributed by atoms with van der Waals surface area (Å²) in [6.07, 6.45) is 21.3. The zero-order valence-corrected chi connectivity index (χ0v) is 21.4. The molecular weight excluding hydrogens is 420 g/mol. The molecule has 0 saturated carbocycles. The first-order valence-corrected chi connectivity index (χ1v) is 12.8. The molecule has 0 aliphatic rings. The van der Waals surface area contributed by atoms with E-state index >= 15 is 0 Å². The van der Waals surface area contributed by atoms with Crippen molar-refractivity contribution in [3.8, 4) is 0 Å². The topological polar surface area (TPSA) is 104 Å². The molecule has 0 spiro atoms. The van der Waals surface area contributed by atoms with Crippen molar-refractivity contribution in [2.45, 2.75) is 123 Å². The van der Waals surface area contributed by atoms with Gasteiger partial charge in [-0.1, -0.05) is 76.2 Å². The molecule has 0 aromatic heterocycles. The zero-order valence-electron chi connectivity index (χ0n) is 21.4. The number of carboxylic acids is 2. The molecule has 0 heterocycles. The summed E-state index contributed by atoms with van der Waals surface area (Å²) >= 11 is 0. The van der Waals surface area contributed by atoms with Gasteiger partial charge in [0.25, 0.3) is 0 Å². The predicted molar refractivity (Wildman–Crippen MR) is 136 cm³/mol. The molecule has 3 N–H and O–H groups in total. The first kappa shape index (κ1) is 33.5. The molecule has 0 saturated heterocycles. The Hall–Kier alpha value is -1.66. The molecule has 0 unspecified atom stereocenters. The number of ether oxygens (including phenoxy) is 1. The maximum absolute atomic E-state index is 10.8. The van der Waals surface area contributed by atoms with E-state index in [-0.39, 0.29) is 6.42 Å². The molecule has 0 aromatic rings. The highest BCUT2D eigenvalue weighted by Gasteiger charge is 2.32. The van der Waals surface area contributed by atoms with Gasteiger partial charge in [-0.15, -0.1) is 0 Å².